The fourth-order valence-electron chi connectivity index (χ4n) is 0.763. The molecule has 0 aliphatic heterocycles. The normalized spacial score (nSPS) is 8.36. The van der Waals surface area contributed by atoms with Gasteiger partial charge in [0.1, 0.15) is 0 Å². The molecule has 62 valence electrons. The van der Waals surface area contributed by atoms with Gasteiger partial charge in [0.25, 0.3) is 0 Å². The van der Waals surface area contributed by atoms with E-state index in [0.717, 1.165) is 5.56 Å². The number of carboxylic acids is 1. The molecule has 1 rings (SSSR count). The van der Waals surface area contributed by atoms with Gasteiger partial charge >= 0.3 is 22.4 Å². The van der Waals surface area contributed by atoms with Gasteiger partial charge in [-0.3, -0.25) is 0 Å². The molecular formula is C8H7AgO2. The summed E-state index contributed by atoms with van der Waals surface area (Å²) >= 11 is 0. The number of carboxylic acid groups (broad SMARTS) is 1. The number of hydrogen-bond acceptors (Lipinski definition) is 2. The summed E-state index contributed by atoms with van der Waals surface area (Å²) in [5.41, 5.74) is 0.780. The quantitative estimate of drug-likeness (QED) is 0.684. The van der Waals surface area contributed by atoms with Crippen LogP contribution in [0.15, 0.2) is 30.3 Å². The molecule has 2 nitrogen and oxygen atoms in total. The Kier molecular flexibility index (Phi) is 4.86. The van der Waals surface area contributed by atoms with Crippen LogP contribution in [-0.4, -0.2) is 5.97 Å². The van der Waals surface area contributed by atoms with Crippen LogP contribution in [0, 0.1) is 0 Å². The predicted octanol–water partition coefficient (Wildman–Crippen LogP) is -0.0235. The Hall–Kier alpha value is -0.570. The first-order chi connectivity index (χ1) is 4.79. The van der Waals surface area contributed by atoms with Gasteiger partial charge in [0.05, 0.1) is 0 Å². The maximum Gasteiger partial charge on any atom is 1.00 e. The van der Waals surface area contributed by atoms with E-state index in [9.17, 15) is 9.90 Å². The largest absolute Gasteiger partial charge is 1.00 e. The van der Waals surface area contributed by atoms with Crippen LogP contribution in [0.4, 0.5) is 0 Å². The molecule has 3 heteroatoms. The van der Waals surface area contributed by atoms with E-state index in [2.05, 4.69) is 0 Å². The molecule has 0 saturated heterocycles. The van der Waals surface area contributed by atoms with Gasteiger partial charge in [-0.1, -0.05) is 30.3 Å². The van der Waals surface area contributed by atoms with Gasteiger partial charge in [0.2, 0.25) is 0 Å². The summed E-state index contributed by atoms with van der Waals surface area (Å²) < 4.78 is 0. The Morgan fingerprint density at radius 3 is 2.27 bits per heavy atom. The zero-order valence-electron chi connectivity index (χ0n) is 5.71. The Labute approximate surface area is 80.8 Å². The van der Waals surface area contributed by atoms with Crippen molar-refractivity contribution in [1.29, 1.82) is 0 Å². The van der Waals surface area contributed by atoms with E-state index in [1.807, 2.05) is 6.07 Å². The molecule has 0 N–H and O–H groups in total. The Bertz CT molecular complexity index is 221. The summed E-state index contributed by atoms with van der Waals surface area (Å²) in [6, 6.07) is 8.97. The van der Waals surface area contributed by atoms with Crippen LogP contribution >= 0.6 is 0 Å². The van der Waals surface area contributed by atoms with Gasteiger partial charge in [-0.25, -0.2) is 0 Å². The van der Waals surface area contributed by atoms with Crippen LogP contribution in [0.1, 0.15) is 5.56 Å². The van der Waals surface area contributed by atoms with Crippen molar-refractivity contribution in [2.75, 3.05) is 0 Å². The van der Waals surface area contributed by atoms with Crippen molar-refractivity contribution in [3.63, 3.8) is 0 Å². The average Bonchev–Trinajstić information content (AvgIpc) is 1.88. The zero-order chi connectivity index (χ0) is 7.40. The summed E-state index contributed by atoms with van der Waals surface area (Å²) in [5, 5.41) is 10.1. The first-order valence-electron chi connectivity index (χ1n) is 3.03. The molecule has 0 saturated carbocycles. The minimum absolute atomic E-state index is 0. The van der Waals surface area contributed by atoms with Crippen LogP contribution < -0.4 is 5.11 Å². The molecule has 0 atom stereocenters. The topological polar surface area (TPSA) is 40.1 Å². The smallest absolute Gasteiger partial charge is 0.550 e. The standard InChI is InChI=1S/C8H8O2.Ag/c9-8(10)6-7-4-2-1-3-5-7;/h1-5H,6H2,(H,9,10);/q;+1/p-1. The van der Waals surface area contributed by atoms with Gasteiger partial charge in [-0.15, -0.1) is 0 Å². The van der Waals surface area contributed by atoms with Crippen LogP contribution in [0.2, 0.25) is 0 Å². The molecule has 0 fully saturated rings. The van der Waals surface area contributed by atoms with Crippen molar-refractivity contribution < 1.29 is 32.3 Å². The molecule has 11 heavy (non-hydrogen) atoms. The van der Waals surface area contributed by atoms with Crippen LogP contribution in [0.3, 0.4) is 0 Å². The van der Waals surface area contributed by atoms with E-state index in [1.54, 1.807) is 24.3 Å². The molecule has 1 aromatic rings. The zero-order valence-corrected chi connectivity index (χ0v) is 7.19. The average molecular weight is 243 g/mol. The third-order valence-corrected chi connectivity index (χ3v) is 1.19. The third-order valence-electron chi connectivity index (χ3n) is 1.19. The molecule has 0 aliphatic rings. The van der Waals surface area contributed by atoms with E-state index in [-0.39, 0.29) is 28.8 Å². The minimum Gasteiger partial charge on any atom is -0.550 e. The number of benzene rings is 1. The summed E-state index contributed by atoms with van der Waals surface area (Å²) in [4.78, 5) is 10.1. The number of aliphatic carboxylic acids is 1. The van der Waals surface area contributed by atoms with Gasteiger partial charge in [-0.2, -0.15) is 0 Å². The molecule has 0 spiro atoms. The van der Waals surface area contributed by atoms with E-state index in [0.29, 0.717) is 0 Å². The summed E-state index contributed by atoms with van der Waals surface area (Å²) in [7, 11) is 0. The molecular weight excluding hydrogens is 236 g/mol. The van der Waals surface area contributed by atoms with Gasteiger partial charge in [0, 0.05) is 12.4 Å². The van der Waals surface area contributed by atoms with Gasteiger partial charge in [0.15, 0.2) is 0 Å². The fraction of sp³-hybridized carbons (Fsp3) is 0.125. The number of carbonyl (C=O) groups is 1. The van der Waals surface area contributed by atoms with E-state index in [1.165, 1.54) is 0 Å². The number of hydrogen-bond donors (Lipinski definition) is 0. The van der Waals surface area contributed by atoms with Crippen molar-refractivity contribution in [2.24, 2.45) is 0 Å². The van der Waals surface area contributed by atoms with E-state index < -0.39 is 5.97 Å². The Morgan fingerprint density at radius 1 is 1.27 bits per heavy atom. The maximum absolute atomic E-state index is 10.1. The monoisotopic (exact) mass is 242 g/mol. The maximum atomic E-state index is 10.1. The first kappa shape index (κ1) is 10.4. The summed E-state index contributed by atoms with van der Waals surface area (Å²) in [6.07, 6.45) is 0.000833. The molecule has 0 aromatic heterocycles. The van der Waals surface area contributed by atoms with Crippen LogP contribution in [0.5, 0.6) is 0 Å². The molecule has 1 aromatic carbocycles. The minimum atomic E-state index is -1.04. The van der Waals surface area contributed by atoms with E-state index >= 15 is 0 Å². The van der Waals surface area contributed by atoms with Crippen molar-refractivity contribution in [1.82, 2.24) is 0 Å². The van der Waals surface area contributed by atoms with Crippen LogP contribution in [-0.2, 0) is 33.6 Å². The summed E-state index contributed by atoms with van der Waals surface area (Å²) in [5.74, 6) is -1.04. The predicted molar refractivity (Wildman–Crippen MR) is 35.2 cm³/mol. The van der Waals surface area contributed by atoms with Crippen molar-refractivity contribution in [3.8, 4) is 0 Å². The number of carbonyl (C=O) groups excluding carboxylic acids is 1. The van der Waals surface area contributed by atoms with Crippen molar-refractivity contribution in [2.45, 2.75) is 6.42 Å². The van der Waals surface area contributed by atoms with Crippen LogP contribution in [0.25, 0.3) is 0 Å². The Balaban J connectivity index is 0.000001000. The molecule has 0 amide bonds. The molecule has 0 unspecified atom stereocenters. The number of rotatable bonds is 2. The van der Waals surface area contributed by atoms with E-state index in [4.69, 9.17) is 0 Å². The van der Waals surface area contributed by atoms with Crippen molar-refractivity contribution >= 4 is 5.97 Å². The second-order valence-electron chi connectivity index (χ2n) is 2.03. The first-order valence-corrected chi connectivity index (χ1v) is 3.03. The molecule has 0 aliphatic carbocycles. The SMILES string of the molecule is O=C([O-])Cc1ccccc1.[Ag+]. The summed E-state index contributed by atoms with van der Waals surface area (Å²) in [6.45, 7) is 0. The second kappa shape index (κ2) is 5.13. The second-order valence-corrected chi connectivity index (χ2v) is 2.03. The third kappa shape index (κ3) is 3.98. The van der Waals surface area contributed by atoms with Gasteiger partial charge < -0.3 is 9.90 Å². The molecule has 0 heterocycles. The Morgan fingerprint density at radius 2 is 1.82 bits per heavy atom. The van der Waals surface area contributed by atoms with Crippen molar-refractivity contribution in [3.05, 3.63) is 35.9 Å². The fourth-order valence-corrected chi connectivity index (χ4v) is 0.763. The molecule has 0 radical (unpaired) electrons. The van der Waals surface area contributed by atoms with Gasteiger partial charge in [-0.05, 0) is 5.56 Å². The molecule has 0 bridgehead atoms.